The Morgan fingerprint density at radius 1 is 1.06 bits per heavy atom. The molecule has 2 heterocycles. The minimum absolute atomic E-state index is 0.0944. The number of hydrogen-bond acceptors (Lipinski definition) is 3. The van der Waals surface area contributed by atoms with Crippen LogP contribution in [0.1, 0.15) is 5.76 Å². The van der Waals surface area contributed by atoms with Gasteiger partial charge in [-0.2, -0.15) is 13.2 Å². The van der Waals surface area contributed by atoms with Crippen molar-refractivity contribution < 1.29 is 22.0 Å². The molecule has 3 nitrogen and oxygen atoms in total. The van der Waals surface area contributed by atoms with E-state index in [2.05, 4.69) is 0 Å². The first-order valence-electron chi connectivity index (χ1n) is 4.97. The molecule has 2 aromatic heterocycles. The Morgan fingerprint density at radius 2 is 1.83 bits per heavy atom. The summed E-state index contributed by atoms with van der Waals surface area (Å²) in [4.78, 5) is 11.6. The molecule has 6 heteroatoms. The van der Waals surface area contributed by atoms with E-state index in [-0.39, 0.29) is 11.0 Å². The van der Waals surface area contributed by atoms with Gasteiger partial charge in [0.1, 0.15) is 11.2 Å². The largest absolute Gasteiger partial charge is 0.464 e. The van der Waals surface area contributed by atoms with Gasteiger partial charge in [0.2, 0.25) is 5.76 Å². The van der Waals surface area contributed by atoms with Gasteiger partial charge >= 0.3 is 6.18 Å². The van der Waals surface area contributed by atoms with Crippen LogP contribution in [0.4, 0.5) is 13.2 Å². The number of hydrogen-bond donors (Lipinski definition) is 0. The minimum Gasteiger partial charge on any atom is -0.464 e. The molecule has 0 N–H and O–H groups in total. The van der Waals surface area contributed by atoms with Crippen molar-refractivity contribution in [1.82, 2.24) is 0 Å². The van der Waals surface area contributed by atoms with Gasteiger partial charge in [-0.3, -0.25) is 4.79 Å². The summed E-state index contributed by atoms with van der Waals surface area (Å²) < 4.78 is 47.2. The average Bonchev–Trinajstić information content (AvgIpc) is 2.72. The molecule has 0 saturated heterocycles. The summed E-state index contributed by atoms with van der Waals surface area (Å²) in [6.07, 6.45) is -3.30. The topological polar surface area (TPSA) is 43.4 Å². The molecule has 0 radical (unpaired) electrons. The lowest BCUT2D eigenvalue weighted by molar-refractivity contribution is -0.152. The smallest absolute Gasteiger partial charge is 0.449 e. The van der Waals surface area contributed by atoms with Crippen molar-refractivity contribution in [3.8, 4) is 0 Å². The van der Waals surface area contributed by atoms with Crippen molar-refractivity contribution in [3.05, 3.63) is 46.5 Å². The van der Waals surface area contributed by atoms with E-state index in [1.54, 1.807) is 6.07 Å². The van der Waals surface area contributed by atoms with E-state index in [1.807, 2.05) is 0 Å². The molecule has 92 valence electrons. The SMILES string of the molecule is O=c1cc(C(F)(F)F)oc2cc3occc3cc12. The van der Waals surface area contributed by atoms with E-state index in [9.17, 15) is 18.0 Å². The second-order valence-corrected chi connectivity index (χ2v) is 3.78. The second-order valence-electron chi connectivity index (χ2n) is 3.78. The van der Waals surface area contributed by atoms with E-state index in [4.69, 9.17) is 8.83 Å². The van der Waals surface area contributed by atoms with E-state index in [1.165, 1.54) is 18.4 Å². The van der Waals surface area contributed by atoms with Crippen LogP contribution in [0.3, 0.4) is 0 Å². The van der Waals surface area contributed by atoms with Crippen LogP contribution in [0.25, 0.3) is 21.9 Å². The van der Waals surface area contributed by atoms with Crippen molar-refractivity contribution in [1.29, 1.82) is 0 Å². The first kappa shape index (κ1) is 10.9. The van der Waals surface area contributed by atoms with Crippen LogP contribution in [0, 0.1) is 0 Å². The standard InChI is InChI=1S/C12H5F3O3/c13-12(14,15)11-4-8(16)7-3-6-1-2-17-9(6)5-10(7)18-11/h1-5H. The number of benzene rings is 1. The molecule has 0 unspecified atom stereocenters. The molecule has 1 aromatic carbocycles. The lowest BCUT2D eigenvalue weighted by atomic mass is 10.1. The highest BCUT2D eigenvalue weighted by Crippen LogP contribution is 2.31. The predicted molar refractivity (Wildman–Crippen MR) is 57.3 cm³/mol. The summed E-state index contributed by atoms with van der Waals surface area (Å²) in [6.45, 7) is 0. The third kappa shape index (κ3) is 1.57. The van der Waals surface area contributed by atoms with Gasteiger partial charge in [0.25, 0.3) is 0 Å². The van der Waals surface area contributed by atoms with Crippen LogP contribution in [0.15, 0.2) is 44.2 Å². The Kier molecular flexibility index (Phi) is 2.04. The number of fused-ring (bicyclic) bond motifs is 2. The highest BCUT2D eigenvalue weighted by Gasteiger charge is 2.34. The van der Waals surface area contributed by atoms with Gasteiger partial charge in [-0.15, -0.1) is 0 Å². The summed E-state index contributed by atoms with van der Waals surface area (Å²) in [6, 6.07) is 4.79. The van der Waals surface area contributed by atoms with Crippen molar-refractivity contribution in [2.45, 2.75) is 6.18 Å². The maximum Gasteiger partial charge on any atom is 0.449 e. The number of furan rings is 1. The van der Waals surface area contributed by atoms with Crippen LogP contribution in [0.2, 0.25) is 0 Å². The van der Waals surface area contributed by atoms with E-state index >= 15 is 0 Å². The maximum atomic E-state index is 12.5. The van der Waals surface area contributed by atoms with Gasteiger partial charge in [0, 0.05) is 17.5 Å². The molecule has 0 aliphatic heterocycles. The zero-order valence-corrected chi connectivity index (χ0v) is 8.75. The Balaban J connectivity index is 2.42. The van der Waals surface area contributed by atoms with E-state index in [0.29, 0.717) is 17.0 Å². The van der Waals surface area contributed by atoms with E-state index < -0.39 is 17.4 Å². The van der Waals surface area contributed by atoms with Crippen LogP contribution >= 0.6 is 0 Å². The molecule has 0 saturated carbocycles. The van der Waals surface area contributed by atoms with Crippen LogP contribution < -0.4 is 5.43 Å². The van der Waals surface area contributed by atoms with E-state index in [0.717, 1.165) is 0 Å². The molecule has 0 aliphatic rings. The Labute approximate surface area is 97.4 Å². The monoisotopic (exact) mass is 254 g/mol. The van der Waals surface area contributed by atoms with Gasteiger partial charge < -0.3 is 8.83 Å². The molecule has 0 atom stereocenters. The zero-order chi connectivity index (χ0) is 12.9. The van der Waals surface area contributed by atoms with Crippen molar-refractivity contribution in [3.63, 3.8) is 0 Å². The molecule has 0 fully saturated rings. The van der Waals surface area contributed by atoms with Crippen LogP contribution in [-0.4, -0.2) is 0 Å². The van der Waals surface area contributed by atoms with Gasteiger partial charge in [-0.05, 0) is 12.1 Å². The molecule has 0 bridgehead atoms. The summed E-state index contributed by atoms with van der Waals surface area (Å²) in [7, 11) is 0. The van der Waals surface area contributed by atoms with Crippen molar-refractivity contribution >= 4 is 21.9 Å². The van der Waals surface area contributed by atoms with Gasteiger partial charge in [-0.1, -0.05) is 0 Å². The molecular weight excluding hydrogens is 249 g/mol. The normalized spacial score (nSPS) is 12.4. The van der Waals surface area contributed by atoms with Gasteiger partial charge in [0.15, 0.2) is 5.43 Å². The minimum atomic E-state index is -4.69. The van der Waals surface area contributed by atoms with Crippen LogP contribution in [0.5, 0.6) is 0 Å². The summed E-state index contributed by atoms with van der Waals surface area (Å²) in [5.41, 5.74) is -0.506. The van der Waals surface area contributed by atoms with Crippen molar-refractivity contribution in [2.24, 2.45) is 0 Å². The highest BCUT2D eigenvalue weighted by atomic mass is 19.4. The first-order valence-corrected chi connectivity index (χ1v) is 4.97. The highest BCUT2D eigenvalue weighted by molar-refractivity contribution is 5.92. The maximum absolute atomic E-state index is 12.5. The zero-order valence-electron chi connectivity index (χ0n) is 8.75. The van der Waals surface area contributed by atoms with Crippen LogP contribution in [-0.2, 0) is 6.18 Å². The fourth-order valence-electron chi connectivity index (χ4n) is 1.75. The molecule has 3 rings (SSSR count). The lowest BCUT2D eigenvalue weighted by Gasteiger charge is -2.05. The molecule has 3 aromatic rings. The number of halogens is 3. The second kappa shape index (κ2) is 3.38. The summed E-state index contributed by atoms with van der Waals surface area (Å²) in [5.74, 6) is -1.31. The number of alkyl halides is 3. The molecular formula is C12H5F3O3. The summed E-state index contributed by atoms with van der Waals surface area (Å²) >= 11 is 0. The quantitative estimate of drug-likeness (QED) is 0.616. The Hall–Kier alpha value is -2.24. The Morgan fingerprint density at radius 3 is 2.56 bits per heavy atom. The fourth-order valence-corrected chi connectivity index (χ4v) is 1.75. The van der Waals surface area contributed by atoms with Gasteiger partial charge in [-0.25, -0.2) is 0 Å². The molecule has 0 aliphatic carbocycles. The fraction of sp³-hybridized carbons (Fsp3) is 0.0833. The molecule has 18 heavy (non-hydrogen) atoms. The summed E-state index contributed by atoms with van der Waals surface area (Å²) in [5, 5.41) is 0.728. The average molecular weight is 254 g/mol. The number of rotatable bonds is 0. The Bertz CT molecular complexity index is 796. The lowest BCUT2D eigenvalue weighted by Crippen LogP contribution is -2.10. The molecule has 0 spiro atoms. The van der Waals surface area contributed by atoms with Crippen molar-refractivity contribution in [2.75, 3.05) is 0 Å². The predicted octanol–water partition coefficient (Wildman–Crippen LogP) is 3.56. The van der Waals surface area contributed by atoms with Gasteiger partial charge in [0.05, 0.1) is 11.6 Å². The first-order chi connectivity index (χ1) is 8.45. The third-order valence-electron chi connectivity index (χ3n) is 2.58. The molecule has 0 amide bonds. The third-order valence-corrected chi connectivity index (χ3v) is 2.58.